The zero-order valence-electron chi connectivity index (χ0n) is 11.2. The summed E-state index contributed by atoms with van der Waals surface area (Å²) in [6.07, 6.45) is 1.44. The maximum absolute atomic E-state index is 12.1. The molecule has 7 nitrogen and oxygen atoms in total. The molecule has 1 aromatic rings. The molecule has 19 heavy (non-hydrogen) atoms. The van der Waals surface area contributed by atoms with E-state index < -0.39 is 11.5 Å². The van der Waals surface area contributed by atoms with Gasteiger partial charge in [-0.3, -0.25) is 9.36 Å². The molecule has 0 N–H and O–H groups in total. The number of pyridine rings is 1. The summed E-state index contributed by atoms with van der Waals surface area (Å²) in [7, 11) is 2.88. The van der Waals surface area contributed by atoms with Gasteiger partial charge in [0.2, 0.25) is 5.75 Å². The van der Waals surface area contributed by atoms with Crippen LogP contribution >= 0.6 is 0 Å². The molecule has 0 bridgehead atoms. The van der Waals surface area contributed by atoms with Crippen LogP contribution in [0.25, 0.3) is 0 Å². The van der Waals surface area contributed by atoms with Crippen LogP contribution in [0.1, 0.15) is 17.3 Å². The van der Waals surface area contributed by atoms with Gasteiger partial charge >= 0.3 is 5.97 Å². The predicted molar refractivity (Wildman–Crippen MR) is 66.2 cm³/mol. The van der Waals surface area contributed by atoms with Crippen LogP contribution in [0.4, 0.5) is 0 Å². The van der Waals surface area contributed by atoms with Crippen LogP contribution in [0.15, 0.2) is 17.1 Å². The molecular formula is C12H17NO6. The second kappa shape index (κ2) is 7.55. The van der Waals surface area contributed by atoms with Gasteiger partial charge in [0, 0.05) is 20.4 Å². The van der Waals surface area contributed by atoms with Crippen molar-refractivity contribution in [2.75, 3.05) is 27.6 Å². The van der Waals surface area contributed by atoms with Gasteiger partial charge in [-0.1, -0.05) is 0 Å². The number of rotatable bonds is 7. The summed E-state index contributed by atoms with van der Waals surface area (Å²) in [6.45, 7) is 1.81. The molecule has 0 aliphatic heterocycles. The van der Waals surface area contributed by atoms with E-state index >= 15 is 0 Å². The molecule has 0 aliphatic rings. The Morgan fingerprint density at radius 3 is 2.63 bits per heavy atom. The molecule has 0 saturated carbocycles. The lowest BCUT2D eigenvalue weighted by Crippen LogP contribution is -2.25. The monoisotopic (exact) mass is 271 g/mol. The standard InChI is InChI=1S/C12H17NO6/c1-4-18-12(15)9-5-6-13(7-16-2)11(14)10(9)19-8-17-3/h5-6H,4,7-8H2,1-3H3. The van der Waals surface area contributed by atoms with Crippen molar-refractivity contribution in [2.24, 2.45) is 0 Å². The van der Waals surface area contributed by atoms with Crippen molar-refractivity contribution in [3.8, 4) is 5.75 Å². The van der Waals surface area contributed by atoms with Crippen molar-refractivity contribution < 1.29 is 23.7 Å². The van der Waals surface area contributed by atoms with Crippen LogP contribution in [0.5, 0.6) is 5.75 Å². The highest BCUT2D eigenvalue weighted by Gasteiger charge is 2.18. The molecule has 0 unspecified atom stereocenters. The molecule has 0 saturated heterocycles. The Morgan fingerprint density at radius 1 is 1.32 bits per heavy atom. The first-order valence-corrected chi connectivity index (χ1v) is 5.66. The third kappa shape index (κ3) is 3.80. The Morgan fingerprint density at radius 2 is 2.05 bits per heavy atom. The Hall–Kier alpha value is -1.86. The minimum absolute atomic E-state index is 0.0608. The normalized spacial score (nSPS) is 10.3. The highest BCUT2D eigenvalue weighted by atomic mass is 16.7. The first-order chi connectivity index (χ1) is 9.15. The number of hydrogen-bond donors (Lipinski definition) is 0. The highest BCUT2D eigenvalue weighted by molar-refractivity contribution is 5.92. The van der Waals surface area contributed by atoms with E-state index in [0.717, 1.165) is 0 Å². The topological polar surface area (TPSA) is 76.0 Å². The Labute approximate surface area is 110 Å². The summed E-state index contributed by atoms with van der Waals surface area (Å²) in [5.41, 5.74) is -0.416. The molecule has 0 aromatic carbocycles. The number of carbonyl (C=O) groups is 1. The fraction of sp³-hybridized carbons (Fsp3) is 0.500. The lowest BCUT2D eigenvalue weighted by Gasteiger charge is -2.12. The molecule has 1 rings (SSSR count). The molecule has 1 heterocycles. The van der Waals surface area contributed by atoms with Crippen molar-refractivity contribution in [1.82, 2.24) is 4.57 Å². The zero-order chi connectivity index (χ0) is 14.3. The number of ether oxygens (including phenoxy) is 4. The molecule has 1 aromatic heterocycles. The van der Waals surface area contributed by atoms with E-state index in [-0.39, 0.29) is 31.4 Å². The first kappa shape index (κ1) is 15.2. The van der Waals surface area contributed by atoms with Crippen LogP contribution in [0, 0.1) is 0 Å². The molecule has 0 amide bonds. The lowest BCUT2D eigenvalue weighted by atomic mass is 10.2. The maximum atomic E-state index is 12.1. The smallest absolute Gasteiger partial charge is 0.342 e. The number of nitrogens with zero attached hydrogens (tertiary/aromatic N) is 1. The van der Waals surface area contributed by atoms with Crippen molar-refractivity contribution in [3.05, 3.63) is 28.2 Å². The van der Waals surface area contributed by atoms with Gasteiger partial charge in [-0.25, -0.2) is 4.79 Å². The Balaban J connectivity index is 3.18. The molecule has 106 valence electrons. The Kier molecular flexibility index (Phi) is 6.04. The van der Waals surface area contributed by atoms with Crippen molar-refractivity contribution >= 4 is 5.97 Å². The van der Waals surface area contributed by atoms with Gasteiger partial charge < -0.3 is 18.9 Å². The average Bonchev–Trinajstić information content (AvgIpc) is 2.40. The van der Waals surface area contributed by atoms with Gasteiger partial charge in [-0.2, -0.15) is 0 Å². The second-order valence-electron chi connectivity index (χ2n) is 3.52. The molecular weight excluding hydrogens is 254 g/mol. The molecule has 7 heteroatoms. The van der Waals surface area contributed by atoms with Crippen LogP contribution in [-0.4, -0.2) is 38.2 Å². The van der Waals surface area contributed by atoms with Gasteiger partial charge in [-0.15, -0.1) is 0 Å². The minimum atomic E-state index is -0.615. The van der Waals surface area contributed by atoms with Crippen molar-refractivity contribution in [3.63, 3.8) is 0 Å². The summed E-state index contributed by atoms with van der Waals surface area (Å²) in [5.74, 6) is -0.727. The fourth-order valence-electron chi connectivity index (χ4n) is 1.42. The summed E-state index contributed by atoms with van der Waals surface area (Å²) in [5, 5.41) is 0. The molecule has 0 atom stereocenters. The summed E-state index contributed by atoms with van der Waals surface area (Å²) < 4.78 is 20.9. The highest BCUT2D eigenvalue weighted by Crippen LogP contribution is 2.14. The van der Waals surface area contributed by atoms with E-state index in [4.69, 9.17) is 18.9 Å². The van der Waals surface area contributed by atoms with Crippen LogP contribution in [-0.2, 0) is 20.9 Å². The second-order valence-corrected chi connectivity index (χ2v) is 3.52. The third-order valence-corrected chi connectivity index (χ3v) is 2.21. The van der Waals surface area contributed by atoms with Gasteiger partial charge in [0.1, 0.15) is 12.3 Å². The molecule has 0 spiro atoms. The van der Waals surface area contributed by atoms with E-state index in [1.165, 1.54) is 31.0 Å². The van der Waals surface area contributed by atoms with E-state index in [0.29, 0.717) is 0 Å². The zero-order valence-corrected chi connectivity index (χ0v) is 11.2. The van der Waals surface area contributed by atoms with Crippen molar-refractivity contribution in [2.45, 2.75) is 13.7 Å². The van der Waals surface area contributed by atoms with E-state index in [1.807, 2.05) is 0 Å². The van der Waals surface area contributed by atoms with Gasteiger partial charge in [0.25, 0.3) is 5.56 Å². The lowest BCUT2D eigenvalue weighted by molar-refractivity contribution is 0.0419. The summed E-state index contributed by atoms with van der Waals surface area (Å²) >= 11 is 0. The number of carbonyl (C=O) groups excluding carboxylic acids is 1. The fourth-order valence-corrected chi connectivity index (χ4v) is 1.42. The van der Waals surface area contributed by atoms with Gasteiger partial charge in [0.05, 0.1) is 6.61 Å². The molecule has 0 fully saturated rings. The van der Waals surface area contributed by atoms with Gasteiger partial charge in [0.15, 0.2) is 6.79 Å². The predicted octanol–water partition coefficient (Wildman–Crippen LogP) is 0.612. The Bertz CT molecular complexity index is 482. The molecule has 0 aliphatic carbocycles. The van der Waals surface area contributed by atoms with E-state index in [9.17, 15) is 9.59 Å². The summed E-state index contributed by atoms with van der Waals surface area (Å²) in [4.78, 5) is 23.8. The summed E-state index contributed by atoms with van der Waals surface area (Å²) in [6, 6.07) is 1.45. The first-order valence-electron chi connectivity index (χ1n) is 5.66. The number of esters is 1. The number of aromatic nitrogens is 1. The van der Waals surface area contributed by atoms with Gasteiger partial charge in [-0.05, 0) is 13.0 Å². The maximum Gasteiger partial charge on any atom is 0.342 e. The van der Waals surface area contributed by atoms with E-state index in [1.54, 1.807) is 6.92 Å². The molecule has 0 radical (unpaired) electrons. The number of hydrogen-bond acceptors (Lipinski definition) is 6. The van der Waals surface area contributed by atoms with Crippen molar-refractivity contribution in [1.29, 1.82) is 0 Å². The third-order valence-electron chi connectivity index (χ3n) is 2.21. The SMILES string of the molecule is CCOC(=O)c1ccn(COC)c(=O)c1OCOC. The largest absolute Gasteiger partial charge is 0.462 e. The minimum Gasteiger partial charge on any atom is -0.462 e. The van der Waals surface area contributed by atoms with Crippen LogP contribution < -0.4 is 10.3 Å². The quantitative estimate of drug-likeness (QED) is 0.534. The average molecular weight is 271 g/mol. The van der Waals surface area contributed by atoms with E-state index in [2.05, 4.69) is 0 Å². The van der Waals surface area contributed by atoms with Crippen LogP contribution in [0.2, 0.25) is 0 Å². The number of methoxy groups -OCH3 is 2. The van der Waals surface area contributed by atoms with Crippen LogP contribution in [0.3, 0.4) is 0 Å².